The molecule has 0 amide bonds. The smallest absolute Gasteiger partial charge is 0.337 e. The molecule has 0 saturated carbocycles. The minimum Gasteiger partial charge on any atom is -0.465 e. The van der Waals surface area contributed by atoms with Crippen molar-refractivity contribution in [1.82, 2.24) is 9.97 Å². The molecule has 0 saturated heterocycles. The maximum Gasteiger partial charge on any atom is 0.337 e. The van der Waals surface area contributed by atoms with E-state index in [4.69, 9.17) is 16.3 Å². The van der Waals surface area contributed by atoms with Gasteiger partial charge in [-0.3, -0.25) is 0 Å². The second-order valence-electron chi connectivity index (χ2n) is 6.56. The summed E-state index contributed by atoms with van der Waals surface area (Å²) in [6.07, 6.45) is 0. The first-order chi connectivity index (χ1) is 14.6. The fourth-order valence-corrected chi connectivity index (χ4v) is 3.26. The first kappa shape index (κ1) is 19.7. The van der Waals surface area contributed by atoms with Gasteiger partial charge < -0.3 is 15.4 Å². The number of halogens is 1. The average molecular weight is 419 g/mol. The molecule has 4 rings (SSSR count). The number of ether oxygens (including phenoxy) is 1. The molecule has 0 fully saturated rings. The van der Waals surface area contributed by atoms with Gasteiger partial charge in [-0.2, -0.15) is 4.98 Å². The van der Waals surface area contributed by atoms with Gasteiger partial charge in [-0.15, -0.1) is 0 Å². The second-order valence-corrected chi connectivity index (χ2v) is 6.96. The number of aromatic nitrogens is 2. The number of nitrogens with zero attached hydrogens (tertiary/aromatic N) is 2. The van der Waals surface area contributed by atoms with Crippen molar-refractivity contribution >= 4 is 45.9 Å². The predicted molar refractivity (Wildman–Crippen MR) is 119 cm³/mol. The van der Waals surface area contributed by atoms with Crippen LogP contribution < -0.4 is 10.6 Å². The average Bonchev–Trinajstić information content (AvgIpc) is 2.78. The zero-order valence-corrected chi connectivity index (χ0v) is 17.0. The maximum absolute atomic E-state index is 11.8. The van der Waals surface area contributed by atoms with E-state index < -0.39 is 5.97 Å². The molecule has 0 aliphatic rings. The molecule has 30 heavy (non-hydrogen) atoms. The summed E-state index contributed by atoms with van der Waals surface area (Å²) in [6, 6.07) is 22.4. The molecule has 0 bridgehead atoms. The topological polar surface area (TPSA) is 76.1 Å². The van der Waals surface area contributed by atoms with E-state index in [0.29, 0.717) is 34.6 Å². The van der Waals surface area contributed by atoms with E-state index in [9.17, 15) is 4.79 Å². The molecule has 0 spiro atoms. The third-order valence-corrected chi connectivity index (χ3v) is 4.92. The van der Waals surface area contributed by atoms with Crippen LogP contribution in [0.3, 0.4) is 0 Å². The summed E-state index contributed by atoms with van der Waals surface area (Å²) >= 11 is 6.28. The summed E-state index contributed by atoms with van der Waals surface area (Å²) in [4.78, 5) is 21.0. The highest BCUT2D eigenvalue weighted by Crippen LogP contribution is 2.25. The minimum absolute atomic E-state index is 0.403. The van der Waals surface area contributed by atoms with Gasteiger partial charge >= 0.3 is 5.97 Å². The number of anilines is 3. The Bertz CT molecular complexity index is 1210. The number of rotatable bonds is 6. The molecule has 0 atom stereocenters. The number of esters is 1. The molecule has 1 heterocycles. The van der Waals surface area contributed by atoms with Crippen molar-refractivity contribution in [3.05, 3.63) is 88.9 Å². The summed E-state index contributed by atoms with van der Waals surface area (Å²) in [5, 5.41) is 8.13. The van der Waals surface area contributed by atoms with E-state index in [2.05, 4.69) is 20.6 Å². The van der Waals surface area contributed by atoms with Gasteiger partial charge in [0, 0.05) is 22.6 Å². The largest absolute Gasteiger partial charge is 0.465 e. The molecule has 0 aliphatic carbocycles. The van der Waals surface area contributed by atoms with Crippen LogP contribution in [0, 0.1) is 0 Å². The summed E-state index contributed by atoms with van der Waals surface area (Å²) in [6.45, 7) is 0.526. The lowest BCUT2D eigenvalue weighted by atomic mass is 10.2. The number of methoxy groups -OCH3 is 1. The van der Waals surface area contributed by atoms with Gasteiger partial charge in [0.1, 0.15) is 5.82 Å². The minimum atomic E-state index is -0.403. The van der Waals surface area contributed by atoms with E-state index in [-0.39, 0.29) is 0 Å². The predicted octanol–water partition coefficient (Wildman–Crippen LogP) is 5.43. The molecule has 7 heteroatoms. The third kappa shape index (κ3) is 4.34. The highest BCUT2D eigenvalue weighted by Gasteiger charge is 2.10. The number of carbonyl (C=O) groups excluding carboxylic acids is 1. The molecule has 0 unspecified atom stereocenters. The van der Waals surface area contributed by atoms with Crippen molar-refractivity contribution in [3.63, 3.8) is 0 Å². The van der Waals surface area contributed by atoms with Crippen molar-refractivity contribution in [2.24, 2.45) is 0 Å². The van der Waals surface area contributed by atoms with Gasteiger partial charge in [-0.25, -0.2) is 9.78 Å². The number of carbonyl (C=O) groups is 1. The van der Waals surface area contributed by atoms with Crippen molar-refractivity contribution in [2.45, 2.75) is 6.54 Å². The standard InChI is InChI=1S/C23H19ClN4O2/c1-30-22(29)15-8-6-9-17(13-15)26-23-27-20-12-5-3-10-18(20)21(28-23)25-14-16-7-2-4-11-19(16)24/h2-13H,14H2,1H3,(H2,25,26,27,28). The van der Waals surface area contributed by atoms with E-state index in [1.165, 1.54) is 7.11 Å². The number of benzene rings is 3. The SMILES string of the molecule is COC(=O)c1cccc(Nc2nc(NCc3ccccc3Cl)c3ccccc3n2)c1. The molecule has 4 aromatic rings. The Kier molecular flexibility index (Phi) is 5.77. The van der Waals surface area contributed by atoms with Gasteiger partial charge in [-0.05, 0) is 42.0 Å². The van der Waals surface area contributed by atoms with Crippen LogP contribution in [-0.4, -0.2) is 23.0 Å². The number of fused-ring (bicyclic) bond motifs is 1. The van der Waals surface area contributed by atoms with Gasteiger partial charge in [0.05, 0.1) is 18.2 Å². The Morgan fingerprint density at radius 1 is 1.00 bits per heavy atom. The van der Waals surface area contributed by atoms with Gasteiger partial charge in [0.15, 0.2) is 0 Å². The summed E-state index contributed by atoms with van der Waals surface area (Å²) < 4.78 is 4.78. The Morgan fingerprint density at radius 2 is 1.80 bits per heavy atom. The van der Waals surface area contributed by atoms with E-state index >= 15 is 0 Å². The molecule has 3 aromatic carbocycles. The molecule has 0 radical (unpaired) electrons. The molecular formula is C23H19ClN4O2. The lowest BCUT2D eigenvalue weighted by molar-refractivity contribution is 0.0601. The van der Waals surface area contributed by atoms with Crippen molar-refractivity contribution in [1.29, 1.82) is 0 Å². The zero-order valence-electron chi connectivity index (χ0n) is 16.2. The van der Waals surface area contributed by atoms with Gasteiger partial charge in [-0.1, -0.05) is 48.0 Å². The third-order valence-electron chi connectivity index (χ3n) is 4.55. The van der Waals surface area contributed by atoms with Crippen LogP contribution in [-0.2, 0) is 11.3 Å². The summed E-state index contributed by atoms with van der Waals surface area (Å²) in [7, 11) is 1.35. The summed E-state index contributed by atoms with van der Waals surface area (Å²) in [5.41, 5.74) is 2.90. The van der Waals surface area contributed by atoms with Gasteiger partial charge in [0.25, 0.3) is 0 Å². The summed E-state index contributed by atoms with van der Waals surface area (Å²) in [5.74, 6) is 0.699. The number of hydrogen-bond donors (Lipinski definition) is 2. The number of nitrogens with one attached hydrogen (secondary N) is 2. The lowest BCUT2D eigenvalue weighted by Crippen LogP contribution is -2.06. The van der Waals surface area contributed by atoms with Crippen LogP contribution in [0.1, 0.15) is 15.9 Å². The van der Waals surface area contributed by atoms with Crippen LogP contribution in [0.4, 0.5) is 17.5 Å². The fourth-order valence-electron chi connectivity index (χ4n) is 3.06. The molecule has 150 valence electrons. The Balaban J connectivity index is 1.65. The molecule has 1 aromatic heterocycles. The maximum atomic E-state index is 11.8. The molecular weight excluding hydrogens is 400 g/mol. The Labute approximate surface area is 178 Å². The zero-order chi connectivity index (χ0) is 20.9. The van der Waals surface area contributed by atoms with E-state index in [1.54, 1.807) is 18.2 Å². The lowest BCUT2D eigenvalue weighted by Gasteiger charge is -2.13. The molecule has 2 N–H and O–H groups in total. The van der Waals surface area contributed by atoms with Crippen molar-refractivity contribution in [3.8, 4) is 0 Å². The number of hydrogen-bond acceptors (Lipinski definition) is 6. The fraction of sp³-hybridized carbons (Fsp3) is 0.0870. The van der Waals surface area contributed by atoms with Crippen molar-refractivity contribution in [2.75, 3.05) is 17.7 Å². The van der Waals surface area contributed by atoms with Gasteiger partial charge in [0.2, 0.25) is 5.95 Å². The van der Waals surface area contributed by atoms with Crippen LogP contribution in [0.5, 0.6) is 0 Å². The van der Waals surface area contributed by atoms with Crippen LogP contribution in [0.2, 0.25) is 5.02 Å². The Hall–Kier alpha value is -3.64. The Morgan fingerprint density at radius 3 is 2.63 bits per heavy atom. The number of para-hydroxylation sites is 1. The normalized spacial score (nSPS) is 10.6. The first-order valence-corrected chi connectivity index (χ1v) is 9.71. The van der Waals surface area contributed by atoms with E-state index in [1.807, 2.05) is 54.6 Å². The van der Waals surface area contributed by atoms with Crippen LogP contribution >= 0.6 is 11.6 Å². The first-order valence-electron chi connectivity index (χ1n) is 9.33. The highest BCUT2D eigenvalue weighted by molar-refractivity contribution is 6.31. The van der Waals surface area contributed by atoms with Crippen LogP contribution in [0.25, 0.3) is 10.9 Å². The van der Waals surface area contributed by atoms with Crippen LogP contribution in [0.15, 0.2) is 72.8 Å². The highest BCUT2D eigenvalue weighted by atomic mass is 35.5. The monoisotopic (exact) mass is 418 g/mol. The second kappa shape index (κ2) is 8.80. The van der Waals surface area contributed by atoms with Crippen molar-refractivity contribution < 1.29 is 9.53 Å². The quantitative estimate of drug-likeness (QED) is 0.407. The molecule has 0 aliphatic heterocycles. The van der Waals surface area contributed by atoms with E-state index in [0.717, 1.165) is 16.5 Å². The molecule has 6 nitrogen and oxygen atoms in total.